The maximum absolute atomic E-state index is 12.8. The van der Waals surface area contributed by atoms with Crippen LogP contribution >= 0.6 is 0 Å². The number of aromatic nitrogens is 2. The lowest BCUT2D eigenvalue weighted by molar-refractivity contribution is -0.121. The van der Waals surface area contributed by atoms with Gasteiger partial charge < -0.3 is 9.84 Å². The van der Waals surface area contributed by atoms with Gasteiger partial charge in [0.1, 0.15) is 5.82 Å². The van der Waals surface area contributed by atoms with Crippen molar-refractivity contribution in [1.29, 1.82) is 0 Å². The van der Waals surface area contributed by atoms with Crippen molar-refractivity contribution in [3.63, 3.8) is 0 Å². The first-order valence-corrected chi connectivity index (χ1v) is 9.27. The Morgan fingerprint density at radius 2 is 2.00 bits per heavy atom. The van der Waals surface area contributed by atoms with Crippen molar-refractivity contribution in [2.24, 2.45) is 0 Å². The molecule has 0 bridgehead atoms. The fourth-order valence-corrected chi connectivity index (χ4v) is 3.14. The second-order valence-electron chi connectivity index (χ2n) is 5.70. The van der Waals surface area contributed by atoms with Gasteiger partial charge in [0, 0.05) is 18.9 Å². The standard InChI is InChI=1S/C15H17FN4O4S/c16-11-3-5-12(6-4-11)25(22,23)18-8-7-13(21)17-9-14-19-15(20-24-14)10-1-2-10/h3-6,10,18H,1-2,7-9H2,(H,17,21). The molecule has 10 heteroatoms. The van der Waals surface area contributed by atoms with Crippen LogP contribution in [0.4, 0.5) is 4.39 Å². The minimum atomic E-state index is -3.78. The van der Waals surface area contributed by atoms with Gasteiger partial charge in [0.05, 0.1) is 11.4 Å². The van der Waals surface area contributed by atoms with E-state index >= 15 is 0 Å². The van der Waals surface area contributed by atoms with Crippen LogP contribution in [0.3, 0.4) is 0 Å². The van der Waals surface area contributed by atoms with Crippen LogP contribution in [0.5, 0.6) is 0 Å². The number of carbonyl (C=O) groups is 1. The number of nitrogens with zero attached hydrogens (tertiary/aromatic N) is 2. The molecule has 1 saturated carbocycles. The van der Waals surface area contributed by atoms with Crippen molar-refractivity contribution >= 4 is 15.9 Å². The molecule has 134 valence electrons. The molecule has 0 radical (unpaired) electrons. The van der Waals surface area contributed by atoms with E-state index in [2.05, 4.69) is 20.2 Å². The van der Waals surface area contributed by atoms with E-state index in [0.29, 0.717) is 17.6 Å². The highest BCUT2D eigenvalue weighted by atomic mass is 32.2. The summed E-state index contributed by atoms with van der Waals surface area (Å²) in [5.74, 6) is 0.477. The van der Waals surface area contributed by atoms with E-state index in [9.17, 15) is 17.6 Å². The SMILES string of the molecule is O=C(CCNS(=O)(=O)c1ccc(F)cc1)NCc1nc(C2CC2)no1. The van der Waals surface area contributed by atoms with Crippen LogP contribution in [0.15, 0.2) is 33.7 Å². The van der Waals surface area contributed by atoms with E-state index in [1.807, 2.05) is 0 Å². The number of rotatable bonds is 8. The number of nitrogens with one attached hydrogen (secondary N) is 2. The van der Waals surface area contributed by atoms with Gasteiger partial charge in [0.2, 0.25) is 21.8 Å². The molecule has 1 fully saturated rings. The molecule has 0 atom stereocenters. The maximum atomic E-state index is 12.8. The lowest BCUT2D eigenvalue weighted by Crippen LogP contribution is -2.30. The fourth-order valence-electron chi connectivity index (χ4n) is 2.11. The quantitative estimate of drug-likeness (QED) is 0.720. The largest absolute Gasteiger partial charge is 0.347 e. The summed E-state index contributed by atoms with van der Waals surface area (Å²) in [5, 5.41) is 6.42. The summed E-state index contributed by atoms with van der Waals surface area (Å²) in [7, 11) is -3.78. The lowest BCUT2D eigenvalue weighted by atomic mass is 10.4. The summed E-state index contributed by atoms with van der Waals surface area (Å²) in [6.45, 7) is 0.0198. The summed E-state index contributed by atoms with van der Waals surface area (Å²) in [5.41, 5.74) is 0. The molecule has 0 unspecified atom stereocenters. The molecule has 3 rings (SSSR count). The molecule has 1 aliphatic carbocycles. The zero-order valence-corrected chi connectivity index (χ0v) is 14.1. The molecule has 1 heterocycles. The van der Waals surface area contributed by atoms with Gasteiger partial charge in [-0.25, -0.2) is 17.5 Å². The molecule has 25 heavy (non-hydrogen) atoms. The Kier molecular flexibility index (Phi) is 5.09. The van der Waals surface area contributed by atoms with Crippen molar-refractivity contribution in [3.8, 4) is 0 Å². The third-order valence-electron chi connectivity index (χ3n) is 3.63. The Bertz CT molecular complexity index is 847. The molecule has 2 aromatic rings. The number of hydrogen-bond donors (Lipinski definition) is 2. The van der Waals surface area contributed by atoms with Crippen LogP contribution in [0.25, 0.3) is 0 Å². The second kappa shape index (κ2) is 7.28. The van der Waals surface area contributed by atoms with Crippen LogP contribution in [0, 0.1) is 5.82 Å². The number of carbonyl (C=O) groups excluding carboxylic acids is 1. The van der Waals surface area contributed by atoms with Crippen LogP contribution in [-0.4, -0.2) is 31.0 Å². The average Bonchev–Trinajstić information content (AvgIpc) is 3.32. The van der Waals surface area contributed by atoms with Crippen molar-refractivity contribution in [1.82, 2.24) is 20.2 Å². The number of hydrogen-bond acceptors (Lipinski definition) is 6. The molecule has 1 aromatic carbocycles. The molecule has 1 aliphatic rings. The average molecular weight is 368 g/mol. The zero-order valence-electron chi connectivity index (χ0n) is 13.2. The molecule has 0 saturated heterocycles. The van der Waals surface area contributed by atoms with Crippen LogP contribution in [0.1, 0.15) is 36.9 Å². The van der Waals surface area contributed by atoms with Gasteiger partial charge in [-0.2, -0.15) is 4.98 Å². The summed E-state index contributed by atoms with van der Waals surface area (Å²) in [6.07, 6.45) is 2.06. The van der Waals surface area contributed by atoms with Crippen LogP contribution in [-0.2, 0) is 21.4 Å². The molecule has 2 N–H and O–H groups in total. The number of halogens is 1. The summed E-state index contributed by atoms with van der Waals surface area (Å²) in [6, 6.07) is 4.43. The minimum Gasteiger partial charge on any atom is -0.347 e. The minimum absolute atomic E-state index is 0.0515. The van der Waals surface area contributed by atoms with Crippen LogP contribution in [0.2, 0.25) is 0 Å². The van der Waals surface area contributed by atoms with E-state index < -0.39 is 15.8 Å². The third-order valence-corrected chi connectivity index (χ3v) is 5.11. The van der Waals surface area contributed by atoms with Gasteiger partial charge in [-0.3, -0.25) is 4.79 Å². The van der Waals surface area contributed by atoms with Crippen molar-refractivity contribution in [3.05, 3.63) is 41.8 Å². The Balaban J connectivity index is 1.41. The Morgan fingerprint density at radius 3 is 2.68 bits per heavy atom. The Hall–Kier alpha value is -2.33. The molecule has 1 amide bonds. The van der Waals surface area contributed by atoms with E-state index in [0.717, 1.165) is 37.1 Å². The molecular formula is C15H17FN4O4S. The van der Waals surface area contributed by atoms with E-state index in [1.165, 1.54) is 0 Å². The third kappa shape index (κ3) is 4.83. The Morgan fingerprint density at radius 1 is 1.28 bits per heavy atom. The van der Waals surface area contributed by atoms with Gasteiger partial charge >= 0.3 is 0 Å². The molecular weight excluding hydrogens is 351 g/mol. The van der Waals surface area contributed by atoms with E-state index in [1.54, 1.807) is 0 Å². The highest BCUT2D eigenvalue weighted by Gasteiger charge is 2.28. The zero-order chi connectivity index (χ0) is 17.9. The van der Waals surface area contributed by atoms with Gasteiger partial charge in [-0.1, -0.05) is 5.16 Å². The van der Waals surface area contributed by atoms with Gasteiger partial charge in [0.15, 0.2) is 5.82 Å². The predicted octanol–water partition coefficient (Wildman–Crippen LogP) is 1.07. The number of sulfonamides is 1. The number of amides is 1. The van der Waals surface area contributed by atoms with Crippen molar-refractivity contribution in [2.45, 2.75) is 36.6 Å². The van der Waals surface area contributed by atoms with Crippen molar-refractivity contribution < 1.29 is 22.1 Å². The predicted molar refractivity (Wildman–Crippen MR) is 84.3 cm³/mol. The highest BCUT2D eigenvalue weighted by molar-refractivity contribution is 7.89. The molecule has 8 nitrogen and oxygen atoms in total. The summed E-state index contributed by atoms with van der Waals surface area (Å²) < 4.78 is 44.1. The van der Waals surface area contributed by atoms with Crippen LogP contribution < -0.4 is 10.0 Å². The maximum Gasteiger partial charge on any atom is 0.246 e. The van der Waals surface area contributed by atoms with Gasteiger partial charge in [-0.15, -0.1) is 0 Å². The number of benzene rings is 1. The summed E-state index contributed by atoms with van der Waals surface area (Å²) >= 11 is 0. The van der Waals surface area contributed by atoms with E-state index in [4.69, 9.17) is 4.52 Å². The molecule has 1 aromatic heterocycles. The smallest absolute Gasteiger partial charge is 0.246 e. The first-order chi connectivity index (χ1) is 11.9. The van der Waals surface area contributed by atoms with Crippen molar-refractivity contribution in [2.75, 3.05) is 6.54 Å². The topological polar surface area (TPSA) is 114 Å². The highest BCUT2D eigenvalue weighted by Crippen LogP contribution is 2.37. The Labute approximate surface area is 143 Å². The monoisotopic (exact) mass is 368 g/mol. The lowest BCUT2D eigenvalue weighted by Gasteiger charge is -2.06. The second-order valence-corrected chi connectivity index (χ2v) is 7.47. The van der Waals surface area contributed by atoms with E-state index in [-0.39, 0.29) is 30.3 Å². The first-order valence-electron chi connectivity index (χ1n) is 7.78. The first kappa shape index (κ1) is 17.5. The normalized spacial score (nSPS) is 14.4. The fraction of sp³-hybridized carbons (Fsp3) is 0.400. The summed E-state index contributed by atoms with van der Waals surface area (Å²) in [4.78, 5) is 15.9. The molecule has 0 aliphatic heterocycles. The van der Waals surface area contributed by atoms with Gasteiger partial charge in [-0.05, 0) is 37.1 Å². The molecule has 0 spiro atoms. The van der Waals surface area contributed by atoms with Gasteiger partial charge in [0.25, 0.3) is 0 Å².